The summed E-state index contributed by atoms with van der Waals surface area (Å²) in [5.74, 6) is 1.15. The monoisotopic (exact) mass is 513 g/mol. The number of amides is 1. The summed E-state index contributed by atoms with van der Waals surface area (Å²) in [6.45, 7) is 9.18. The van der Waals surface area contributed by atoms with Gasteiger partial charge in [-0.25, -0.2) is 0 Å². The van der Waals surface area contributed by atoms with Crippen LogP contribution in [-0.2, 0) is 17.9 Å². The zero-order valence-corrected chi connectivity index (χ0v) is 20.3. The van der Waals surface area contributed by atoms with E-state index in [2.05, 4.69) is 58.6 Å². The topological polar surface area (TPSA) is 60.0 Å². The summed E-state index contributed by atoms with van der Waals surface area (Å²) in [5, 5.41) is 7.00. The SMILES string of the molecule is CN=C(NCc1ccc(CN2CCCC2=O)cc1)NC1CCN(C(C)C)CC1.I. The molecule has 0 atom stereocenters. The van der Waals surface area contributed by atoms with E-state index in [1.165, 1.54) is 11.1 Å². The first kappa shape index (κ1) is 23.9. The number of nitrogens with zero attached hydrogens (tertiary/aromatic N) is 3. The molecule has 7 heteroatoms. The van der Waals surface area contributed by atoms with E-state index in [9.17, 15) is 4.79 Å². The lowest BCUT2D eigenvalue weighted by Gasteiger charge is -2.35. The number of aliphatic imine (C=N–C) groups is 1. The van der Waals surface area contributed by atoms with Crippen molar-refractivity contribution >= 4 is 35.8 Å². The first-order chi connectivity index (χ1) is 13.5. The highest BCUT2D eigenvalue weighted by molar-refractivity contribution is 14.0. The van der Waals surface area contributed by atoms with Gasteiger partial charge in [0, 0.05) is 58.3 Å². The molecule has 162 valence electrons. The standard InChI is InChI=1S/C22H35N5O.HI/c1-17(2)26-13-10-20(11-14-26)25-22(23-3)24-15-18-6-8-19(9-7-18)16-27-12-4-5-21(27)28;/h6-9,17,20H,4-5,10-16H2,1-3H3,(H2,23,24,25);1H. The lowest BCUT2D eigenvalue weighted by molar-refractivity contribution is -0.128. The van der Waals surface area contributed by atoms with Crippen molar-refractivity contribution < 1.29 is 4.79 Å². The molecule has 2 saturated heterocycles. The Hall–Kier alpha value is -1.35. The van der Waals surface area contributed by atoms with Crippen LogP contribution in [0.15, 0.2) is 29.3 Å². The van der Waals surface area contributed by atoms with Crippen molar-refractivity contribution in [2.24, 2.45) is 4.99 Å². The molecule has 0 radical (unpaired) electrons. The molecule has 0 spiro atoms. The van der Waals surface area contributed by atoms with Crippen molar-refractivity contribution in [3.8, 4) is 0 Å². The van der Waals surface area contributed by atoms with Crippen LogP contribution in [0.25, 0.3) is 0 Å². The summed E-state index contributed by atoms with van der Waals surface area (Å²) in [7, 11) is 1.83. The molecule has 0 unspecified atom stereocenters. The Labute approximate surface area is 192 Å². The van der Waals surface area contributed by atoms with Gasteiger partial charge in [0.05, 0.1) is 0 Å². The van der Waals surface area contributed by atoms with E-state index < -0.39 is 0 Å². The van der Waals surface area contributed by atoms with Crippen LogP contribution in [0.2, 0.25) is 0 Å². The van der Waals surface area contributed by atoms with Gasteiger partial charge >= 0.3 is 0 Å². The summed E-state index contributed by atoms with van der Waals surface area (Å²) >= 11 is 0. The normalized spacial score (nSPS) is 18.8. The fourth-order valence-corrected chi connectivity index (χ4v) is 3.99. The Morgan fingerprint density at radius 2 is 1.79 bits per heavy atom. The van der Waals surface area contributed by atoms with Gasteiger partial charge in [-0.1, -0.05) is 24.3 Å². The van der Waals surface area contributed by atoms with E-state index in [4.69, 9.17) is 0 Å². The summed E-state index contributed by atoms with van der Waals surface area (Å²) in [6, 6.07) is 9.64. The Bertz CT molecular complexity index is 668. The molecule has 2 aliphatic heterocycles. The second kappa shape index (κ2) is 11.7. The van der Waals surface area contributed by atoms with Crippen molar-refractivity contribution in [1.29, 1.82) is 0 Å². The molecule has 0 bridgehead atoms. The maximum Gasteiger partial charge on any atom is 0.222 e. The van der Waals surface area contributed by atoms with Crippen LogP contribution in [-0.4, -0.2) is 60.4 Å². The van der Waals surface area contributed by atoms with E-state index in [1.807, 2.05) is 11.9 Å². The molecule has 1 aromatic rings. The van der Waals surface area contributed by atoms with Gasteiger partial charge in [-0.2, -0.15) is 0 Å². The zero-order chi connectivity index (χ0) is 19.9. The van der Waals surface area contributed by atoms with Gasteiger partial charge in [-0.05, 0) is 44.2 Å². The molecule has 0 aliphatic carbocycles. The average Bonchev–Trinajstić information content (AvgIpc) is 3.11. The highest BCUT2D eigenvalue weighted by Crippen LogP contribution is 2.15. The van der Waals surface area contributed by atoms with Crippen molar-refractivity contribution in [3.63, 3.8) is 0 Å². The third-order valence-electron chi connectivity index (χ3n) is 5.85. The lowest BCUT2D eigenvalue weighted by atomic mass is 10.0. The molecule has 2 aliphatic rings. The summed E-state index contributed by atoms with van der Waals surface area (Å²) in [5.41, 5.74) is 2.41. The predicted octanol–water partition coefficient (Wildman–Crippen LogP) is 2.96. The largest absolute Gasteiger partial charge is 0.354 e. The minimum absolute atomic E-state index is 0. The zero-order valence-electron chi connectivity index (χ0n) is 18.0. The summed E-state index contributed by atoms with van der Waals surface area (Å²) < 4.78 is 0. The highest BCUT2D eigenvalue weighted by Gasteiger charge is 2.21. The quantitative estimate of drug-likeness (QED) is 0.349. The van der Waals surface area contributed by atoms with Crippen molar-refractivity contribution in [2.75, 3.05) is 26.7 Å². The average molecular weight is 513 g/mol. The predicted molar refractivity (Wildman–Crippen MR) is 130 cm³/mol. The number of rotatable bonds is 6. The first-order valence-electron chi connectivity index (χ1n) is 10.6. The third-order valence-corrected chi connectivity index (χ3v) is 5.85. The number of nitrogens with one attached hydrogen (secondary N) is 2. The van der Waals surface area contributed by atoms with E-state index in [1.54, 1.807) is 0 Å². The lowest BCUT2D eigenvalue weighted by Crippen LogP contribution is -2.49. The molecule has 0 aromatic heterocycles. The van der Waals surface area contributed by atoms with Gasteiger partial charge in [0.1, 0.15) is 0 Å². The van der Waals surface area contributed by atoms with Crippen LogP contribution >= 0.6 is 24.0 Å². The first-order valence-corrected chi connectivity index (χ1v) is 10.6. The van der Waals surface area contributed by atoms with E-state index in [0.29, 0.717) is 18.5 Å². The van der Waals surface area contributed by atoms with Gasteiger partial charge in [0.25, 0.3) is 0 Å². The second-order valence-electron chi connectivity index (χ2n) is 8.21. The second-order valence-corrected chi connectivity index (χ2v) is 8.21. The molecule has 2 N–H and O–H groups in total. The van der Waals surface area contributed by atoms with Crippen molar-refractivity contribution in [1.82, 2.24) is 20.4 Å². The van der Waals surface area contributed by atoms with E-state index >= 15 is 0 Å². The molecule has 1 amide bonds. The number of benzene rings is 1. The van der Waals surface area contributed by atoms with Crippen LogP contribution in [0.3, 0.4) is 0 Å². The maximum atomic E-state index is 11.8. The van der Waals surface area contributed by atoms with E-state index in [0.717, 1.165) is 57.9 Å². The van der Waals surface area contributed by atoms with Crippen LogP contribution < -0.4 is 10.6 Å². The number of likely N-dealkylation sites (tertiary alicyclic amines) is 2. The van der Waals surface area contributed by atoms with Gasteiger partial charge in [-0.3, -0.25) is 9.79 Å². The van der Waals surface area contributed by atoms with Crippen molar-refractivity contribution in [3.05, 3.63) is 35.4 Å². The molecule has 1 aromatic carbocycles. The van der Waals surface area contributed by atoms with Crippen LogP contribution in [0.1, 0.15) is 50.7 Å². The van der Waals surface area contributed by atoms with Crippen LogP contribution in [0, 0.1) is 0 Å². The number of carbonyl (C=O) groups excluding carboxylic acids is 1. The van der Waals surface area contributed by atoms with Gasteiger partial charge in [0.2, 0.25) is 5.91 Å². The molecule has 2 heterocycles. The Kier molecular flexibility index (Phi) is 9.68. The van der Waals surface area contributed by atoms with Crippen LogP contribution in [0.5, 0.6) is 0 Å². The number of carbonyl (C=O) groups is 1. The molecule has 3 rings (SSSR count). The van der Waals surface area contributed by atoms with Gasteiger partial charge < -0.3 is 20.4 Å². The minimum atomic E-state index is 0. The fourth-order valence-electron chi connectivity index (χ4n) is 3.99. The Morgan fingerprint density at radius 1 is 1.14 bits per heavy atom. The van der Waals surface area contributed by atoms with Crippen molar-refractivity contribution in [2.45, 2.75) is 64.7 Å². The molecular formula is C22H36IN5O. The molecule has 2 fully saturated rings. The minimum Gasteiger partial charge on any atom is -0.354 e. The summed E-state index contributed by atoms with van der Waals surface area (Å²) in [4.78, 5) is 20.6. The third kappa shape index (κ3) is 7.13. The maximum absolute atomic E-state index is 11.8. The molecule has 0 saturated carbocycles. The number of piperidine rings is 1. The van der Waals surface area contributed by atoms with E-state index in [-0.39, 0.29) is 29.9 Å². The molecule has 6 nitrogen and oxygen atoms in total. The number of hydrogen-bond donors (Lipinski definition) is 2. The molecule has 29 heavy (non-hydrogen) atoms. The van der Waals surface area contributed by atoms with Gasteiger partial charge in [-0.15, -0.1) is 24.0 Å². The van der Waals surface area contributed by atoms with Gasteiger partial charge in [0.15, 0.2) is 5.96 Å². The number of halogens is 1. The highest BCUT2D eigenvalue weighted by atomic mass is 127. The van der Waals surface area contributed by atoms with Crippen LogP contribution in [0.4, 0.5) is 0 Å². The Balaban J connectivity index is 0.00000300. The summed E-state index contributed by atoms with van der Waals surface area (Å²) in [6.07, 6.45) is 4.00. The smallest absolute Gasteiger partial charge is 0.222 e. The Morgan fingerprint density at radius 3 is 2.34 bits per heavy atom. The number of guanidine groups is 1. The number of hydrogen-bond acceptors (Lipinski definition) is 3. The fraction of sp³-hybridized carbons (Fsp3) is 0.636. The molecular weight excluding hydrogens is 477 g/mol.